The molecule has 0 radical (unpaired) electrons. The highest BCUT2D eigenvalue weighted by molar-refractivity contribution is 5.71. The maximum absolute atomic E-state index is 11.2. The summed E-state index contributed by atoms with van der Waals surface area (Å²) in [7, 11) is 0. The molecule has 0 heterocycles. The molecule has 1 rings (SSSR count). The Morgan fingerprint density at radius 3 is 2.75 bits per heavy atom. The lowest BCUT2D eigenvalue weighted by Crippen LogP contribution is -2.15. The first-order valence-electron chi connectivity index (χ1n) is 5.49. The van der Waals surface area contributed by atoms with E-state index < -0.39 is 0 Å². The zero-order valence-corrected chi connectivity index (χ0v) is 10.1. The molecule has 3 heteroatoms. The van der Waals surface area contributed by atoms with E-state index in [4.69, 9.17) is 9.47 Å². The molecule has 0 saturated heterocycles. The van der Waals surface area contributed by atoms with Crippen molar-refractivity contribution < 1.29 is 14.3 Å². The number of carbonyl (C=O) groups is 1. The van der Waals surface area contributed by atoms with Crippen LogP contribution in [-0.4, -0.2) is 19.2 Å². The maximum atomic E-state index is 11.2. The van der Waals surface area contributed by atoms with Crippen LogP contribution in [0.3, 0.4) is 0 Å². The molecular formula is C13H18O3. The standard InChI is InChI=1S/C13H18O3/c1-4-7-15-13(14)9-16-12-8-10(2)5-6-11(12)3/h5-6,8H,4,7,9H2,1-3H3. The molecule has 0 aromatic heterocycles. The van der Waals surface area contributed by atoms with Gasteiger partial charge in [-0.05, 0) is 37.5 Å². The van der Waals surface area contributed by atoms with Gasteiger partial charge in [-0.2, -0.15) is 0 Å². The summed E-state index contributed by atoms with van der Waals surface area (Å²) in [5.41, 5.74) is 2.14. The van der Waals surface area contributed by atoms with E-state index in [1.54, 1.807) is 0 Å². The van der Waals surface area contributed by atoms with Crippen LogP contribution < -0.4 is 4.74 Å². The third kappa shape index (κ3) is 3.93. The van der Waals surface area contributed by atoms with Crippen molar-refractivity contribution in [3.05, 3.63) is 29.3 Å². The van der Waals surface area contributed by atoms with Crippen molar-refractivity contribution in [2.45, 2.75) is 27.2 Å². The molecule has 88 valence electrons. The summed E-state index contributed by atoms with van der Waals surface area (Å²) >= 11 is 0. The molecule has 0 spiro atoms. The number of rotatable bonds is 5. The van der Waals surface area contributed by atoms with Gasteiger partial charge in [0, 0.05) is 0 Å². The van der Waals surface area contributed by atoms with Gasteiger partial charge in [-0.25, -0.2) is 4.79 Å². The minimum absolute atomic E-state index is 0.0235. The Kier molecular flexibility index (Phi) is 4.83. The smallest absolute Gasteiger partial charge is 0.344 e. The van der Waals surface area contributed by atoms with Crippen molar-refractivity contribution in [1.82, 2.24) is 0 Å². The lowest BCUT2D eigenvalue weighted by molar-refractivity contribution is -0.146. The lowest BCUT2D eigenvalue weighted by Gasteiger charge is -2.09. The van der Waals surface area contributed by atoms with Crippen LogP contribution in [0.1, 0.15) is 24.5 Å². The zero-order chi connectivity index (χ0) is 12.0. The van der Waals surface area contributed by atoms with Crippen molar-refractivity contribution in [2.24, 2.45) is 0 Å². The number of esters is 1. The Hall–Kier alpha value is -1.51. The van der Waals surface area contributed by atoms with Gasteiger partial charge in [-0.1, -0.05) is 19.1 Å². The van der Waals surface area contributed by atoms with Gasteiger partial charge in [-0.15, -0.1) is 0 Å². The fourth-order valence-electron chi connectivity index (χ4n) is 1.26. The van der Waals surface area contributed by atoms with Gasteiger partial charge in [0.1, 0.15) is 5.75 Å². The van der Waals surface area contributed by atoms with E-state index in [2.05, 4.69) is 0 Å². The molecule has 16 heavy (non-hydrogen) atoms. The Labute approximate surface area is 96.4 Å². The summed E-state index contributed by atoms with van der Waals surface area (Å²) in [6, 6.07) is 5.90. The van der Waals surface area contributed by atoms with E-state index in [0.717, 1.165) is 23.3 Å². The van der Waals surface area contributed by atoms with Crippen LogP contribution in [0.25, 0.3) is 0 Å². The highest BCUT2D eigenvalue weighted by Crippen LogP contribution is 2.18. The molecule has 1 aromatic carbocycles. The van der Waals surface area contributed by atoms with Gasteiger partial charge < -0.3 is 9.47 Å². The summed E-state index contributed by atoms with van der Waals surface area (Å²) in [6.07, 6.45) is 0.829. The fraction of sp³-hybridized carbons (Fsp3) is 0.462. The molecule has 0 aliphatic heterocycles. The fourth-order valence-corrected chi connectivity index (χ4v) is 1.26. The van der Waals surface area contributed by atoms with Crippen LogP contribution in [0.5, 0.6) is 5.75 Å². The first kappa shape index (κ1) is 12.6. The number of ether oxygens (including phenoxy) is 2. The second-order valence-electron chi connectivity index (χ2n) is 3.78. The topological polar surface area (TPSA) is 35.5 Å². The quantitative estimate of drug-likeness (QED) is 0.718. The molecular weight excluding hydrogens is 204 g/mol. The molecule has 0 saturated carbocycles. The van der Waals surface area contributed by atoms with Gasteiger partial charge in [0.05, 0.1) is 6.61 Å². The molecule has 0 aliphatic carbocycles. The molecule has 0 unspecified atom stereocenters. The average molecular weight is 222 g/mol. The van der Waals surface area contributed by atoms with E-state index in [1.165, 1.54) is 0 Å². The van der Waals surface area contributed by atoms with Crippen LogP contribution >= 0.6 is 0 Å². The van der Waals surface area contributed by atoms with Crippen molar-refractivity contribution in [3.8, 4) is 5.75 Å². The minimum Gasteiger partial charge on any atom is -0.482 e. The highest BCUT2D eigenvalue weighted by Gasteiger charge is 2.05. The largest absolute Gasteiger partial charge is 0.482 e. The van der Waals surface area contributed by atoms with Crippen molar-refractivity contribution in [1.29, 1.82) is 0 Å². The van der Waals surface area contributed by atoms with Gasteiger partial charge in [-0.3, -0.25) is 0 Å². The Morgan fingerprint density at radius 1 is 1.31 bits per heavy atom. The first-order valence-corrected chi connectivity index (χ1v) is 5.49. The van der Waals surface area contributed by atoms with Crippen LogP contribution in [0.4, 0.5) is 0 Å². The van der Waals surface area contributed by atoms with Crippen LogP contribution in [0.2, 0.25) is 0 Å². The van der Waals surface area contributed by atoms with E-state index in [1.807, 2.05) is 39.0 Å². The van der Waals surface area contributed by atoms with E-state index in [9.17, 15) is 4.79 Å². The molecule has 3 nitrogen and oxygen atoms in total. The third-order valence-corrected chi connectivity index (χ3v) is 2.16. The Morgan fingerprint density at radius 2 is 2.06 bits per heavy atom. The summed E-state index contributed by atoms with van der Waals surface area (Å²) in [4.78, 5) is 11.2. The predicted octanol–water partition coefficient (Wildman–Crippen LogP) is 2.64. The molecule has 0 aliphatic rings. The van der Waals surface area contributed by atoms with Crippen LogP contribution in [0.15, 0.2) is 18.2 Å². The second-order valence-corrected chi connectivity index (χ2v) is 3.78. The minimum atomic E-state index is -0.317. The summed E-state index contributed by atoms with van der Waals surface area (Å²) in [5.74, 6) is 0.427. The highest BCUT2D eigenvalue weighted by atomic mass is 16.6. The molecule has 0 atom stereocenters. The maximum Gasteiger partial charge on any atom is 0.344 e. The van der Waals surface area contributed by atoms with Crippen molar-refractivity contribution in [3.63, 3.8) is 0 Å². The zero-order valence-electron chi connectivity index (χ0n) is 10.1. The normalized spacial score (nSPS) is 9.94. The summed E-state index contributed by atoms with van der Waals surface area (Å²) in [5, 5.41) is 0. The predicted molar refractivity (Wildman–Crippen MR) is 62.7 cm³/mol. The third-order valence-electron chi connectivity index (χ3n) is 2.16. The molecule has 0 bridgehead atoms. The lowest BCUT2D eigenvalue weighted by atomic mass is 10.1. The average Bonchev–Trinajstić information content (AvgIpc) is 2.27. The number of hydrogen-bond donors (Lipinski definition) is 0. The van der Waals surface area contributed by atoms with Gasteiger partial charge in [0.2, 0.25) is 0 Å². The monoisotopic (exact) mass is 222 g/mol. The molecule has 0 N–H and O–H groups in total. The van der Waals surface area contributed by atoms with Gasteiger partial charge in [0.25, 0.3) is 0 Å². The molecule has 0 fully saturated rings. The van der Waals surface area contributed by atoms with Gasteiger partial charge in [0.15, 0.2) is 6.61 Å². The second kappa shape index (κ2) is 6.16. The number of carbonyl (C=O) groups excluding carboxylic acids is 1. The van der Waals surface area contributed by atoms with Crippen LogP contribution in [-0.2, 0) is 9.53 Å². The van der Waals surface area contributed by atoms with E-state index >= 15 is 0 Å². The SMILES string of the molecule is CCCOC(=O)COc1cc(C)ccc1C. The Bertz CT molecular complexity index is 358. The number of hydrogen-bond acceptors (Lipinski definition) is 3. The number of aryl methyl sites for hydroxylation is 2. The molecule has 0 amide bonds. The summed E-state index contributed by atoms with van der Waals surface area (Å²) in [6.45, 7) is 6.33. The van der Waals surface area contributed by atoms with E-state index in [0.29, 0.717) is 6.61 Å². The number of benzene rings is 1. The molecule has 1 aromatic rings. The van der Waals surface area contributed by atoms with Crippen molar-refractivity contribution in [2.75, 3.05) is 13.2 Å². The summed E-state index contributed by atoms with van der Waals surface area (Å²) < 4.78 is 10.3. The van der Waals surface area contributed by atoms with Crippen LogP contribution in [0, 0.1) is 13.8 Å². The van der Waals surface area contributed by atoms with Crippen molar-refractivity contribution >= 4 is 5.97 Å². The van der Waals surface area contributed by atoms with Gasteiger partial charge >= 0.3 is 5.97 Å². The Balaban J connectivity index is 2.47. The van der Waals surface area contributed by atoms with E-state index in [-0.39, 0.29) is 12.6 Å². The first-order chi connectivity index (χ1) is 7.63.